The summed E-state index contributed by atoms with van der Waals surface area (Å²) in [5.41, 5.74) is 3.20. The van der Waals surface area contributed by atoms with Gasteiger partial charge >= 0.3 is 0 Å². The highest BCUT2D eigenvalue weighted by atomic mass is 32.2. The van der Waals surface area contributed by atoms with E-state index in [-0.39, 0.29) is 4.75 Å². The normalized spacial score (nSPS) is 21.0. The molecule has 19 heavy (non-hydrogen) atoms. The fourth-order valence-corrected chi connectivity index (χ4v) is 3.87. The number of thioether (sulfide) groups is 1. The molecule has 3 heterocycles. The second-order valence-corrected chi connectivity index (χ2v) is 7.68. The van der Waals surface area contributed by atoms with Gasteiger partial charge in [0.1, 0.15) is 11.9 Å². The van der Waals surface area contributed by atoms with Gasteiger partial charge in [-0.1, -0.05) is 13.8 Å². The van der Waals surface area contributed by atoms with E-state index in [0.29, 0.717) is 0 Å². The van der Waals surface area contributed by atoms with E-state index in [9.17, 15) is 5.26 Å². The maximum atomic E-state index is 9.36. The maximum Gasteiger partial charge on any atom is 0.146 e. The average Bonchev–Trinajstić information content (AvgIpc) is 2.90. The zero-order valence-corrected chi connectivity index (χ0v) is 12.4. The second-order valence-electron chi connectivity index (χ2n) is 6.00. The Morgan fingerprint density at radius 2 is 2.11 bits per heavy atom. The first-order chi connectivity index (χ1) is 9.09. The molecule has 0 saturated carbocycles. The summed E-state index contributed by atoms with van der Waals surface area (Å²) in [6, 6.07) is 4.40. The van der Waals surface area contributed by atoms with Crippen molar-refractivity contribution in [1.29, 1.82) is 5.26 Å². The van der Waals surface area contributed by atoms with E-state index in [0.717, 1.165) is 36.6 Å². The smallest absolute Gasteiger partial charge is 0.146 e. The van der Waals surface area contributed by atoms with Crippen LogP contribution in [-0.4, -0.2) is 22.8 Å². The maximum absolute atomic E-state index is 9.36. The van der Waals surface area contributed by atoms with Crippen LogP contribution < -0.4 is 4.90 Å². The Kier molecular flexibility index (Phi) is 3.18. The molecule has 0 bridgehead atoms. The summed E-state index contributed by atoms with van der Waals surface area (Å²) in [5.74, 6) is 1.89. The Hall–Kier alpha value is -1.21. The topological polar surface area (TPSA) is 39.9 Å². The third-order valence-corrected chi connectivity index (χ3v) is 5.29. The minimum absolute atomic E-state index is 0.260. The van der Waals surface area contributed by atoms with E-state index < -0.39 is 0 Å². The fourth-order valence-electron chi connectivity index (χ4n) is 2.84. The molecule has 1 aromatic heterocycles. The quantitative estimate of drug-likeness (QED) is 0.788. The lowest BCUT2D eigenvalue weighted by Gasteiger charge is -2.31. The molecule has 0 aliphatic carbocycles. The highest BCUT2D eigenvalue weighted by Gasteiger charge is 2.29. The van der Waals surface area contributed by atoms with Gasteiger partial charge in [-0.05, 0) is 24.5 Å². The van der Waals surface area contributed by atoms with Crippen LogP contribution >= 0.6 is 11.8 Å². The molecule has 0 amide bonds. The van der Waals surface area contributed by atoms with Crippen LogP contribution in [0.1, 0.15) is 43.5 Å². The van der Waals surface area contributed by atoms with Crippen molar-refractivity contribution >= 4 is 17.6 Å². The molecule has 0 unspecified atom stereocenters. The van der Waals surface area contributed by atoms with Crippen LogP contribution in [0.25, 0.3) is 0 Å². The summed E-state index contributed by atoms with van der Waals surface area (Å²) in [4.78, 5) is 7.12. The molecular weight excluding hydrogens is 254 g/mol. The SMILES string of the molecule is CC1(C)Cc2nc(N3CCCC3)c(C#N)cc2CS1. The number of hydrogen-bond donors (Lipinski definition) is 0. The van der Waals surface area contributed by atoms with Gasteiger partial charge < -0.3 is 4.90 Å². The molecule has 3 nitrogen and oxygen atoms in total. The summed E-state index contributed by atoms with van der Waals surface area (Å²) in [6.45, 7) is 6.63. The van der Waals surface area contributed by atoms with Crippen LogP contribution in [0, 0.1) is 11.3 Å². The van der Waals surface area contributed by atoms with Crippen LogP contribution in [0.3, 0.4) is 0 Å². The van der Waals surface area contributed by atoms with Crippen LogP contribution in [0.2, 0.25) is 0 Å². The largest absolute Gasteiger partial charge is 0.356 e. The van der Waals surface area contributed by atoms with Gasteiger partial charge in [0, 0.05) is 35.7 Å². The van der Waals surface area contributed by atoms with Gasteiger partial charge in [-0.2, -0.15) is 17.0 Å². The van der Waals surface area contributed by atoms with Crippen molar-refractivity contribution < 1.29 is 0 Å². The zero-order chi connectivity index (χ0) is 13.5. The Balaban J connectivity index is 2.03. The standard InChI is InChI=1S/C15H19N3S/c1-15(2)8-13-12(10-19-15)7-11(9-16)14(17-13)18-5-3-4-6-18/h7H,3-6,8,10H2,1-2H3. The highest BCUT2D eigenvalue weighted by Crippen LogP contribution is 2.39. The summed E-state index contributed by atoms with van der Waals surface area (Å²) < 4.78 is 0.260. The summed E-state index contributed by atoms with van der Waals surface area (Å²) in [5, 5.41) is 9.36. The first-order valence-corrected chi connectivity index (χ1v) is 7.89. The van der Waals surface area contributed by atoms with Crippen molar-refractivity contribution in [2.24, 2.45) is 0 Å². The molecule has 1 saturated heterocycles. The van der Waals surface area contributed by atoms with Crippen LogP contribution in [-0.2, 0) is 12.2 Å². The Morgan fingerprint density at radius 1 is 1.37 bits per heavy atom. The van der Waals surface area contributed by atoms with Crippen molar-refractivity contribution in [1.82, 2.24) is 4.98 Å². The molecule has 0 atom stereocenters. The number of nitriles is 1. The molecule has 0 spiro atoms. The molecule has 0 radical (unpaired) electrons. The molecule has 1 fully saturated rings. The predicted octanol–water partition coefficient (Wildman–Crippen LogP) is 3.12. The van der Waals surface area contributed by atoms with Gasteiger partial charge in [-0.15, -0.1) is 0 Å². The molecule has 0 N–H and O–H groups in total. The highest BCUT2D eigenvalue weighted by molar-refractivity contribution is 7.99. The third-order valence-electron chi connectivity index (χ3n) is 3.91. The van der Waals surface area contributed by atoms with Gasteiger partial charge in [-0.3, -0.25) is 0 Å². The van der Waals surface area contributed by atoms with E-state index in [4.69, 9.17) is 4.98 Å². The lowest BCUT2D eigenvalue weighted by molar-refractivity contribution is 0.675. The number of fused-ring (bicyclic) bond motifs is 1. The van der Waals surface area contributed by atoms with E-state index in [1.165, 1.54) is 24.1 Å². The third kappa shape index (κ3) is 2.44. The van der Waals surface area contributed by atoms with E-state index in [1.54, 1.807) is 0 Å². The monoisotopic (exact) mass is 273 g/mol. The van der Waals surface area contributed by atoms with Gasteiger partial charge in [0.15, 0.2) is 0 Å². The minimum atomic E-state index is 0.260. The number of hydrogen-bond acceptors (Lipinski definition) is 4. The lowest BCUT2D eigenvalue weighted by Crippen LogP contribution is -2.27. The molecule has 3 rings (SSSR count). The van der Waals surface area contributed by atoms with Crippen molar-refractivity contribution in [3.05, 3.63) is 22.9 Å². The second kappa shape index (κ2) is 4.72. The lowest BCUT2D eigenvalue weighted by atomic mass is 10.0. The number of pyridine rings is 1. The number of rotatable bonds is 1. The van der Waals surface area contributed by atoms with Gasteiger partial charge in [0.05, 0.1) is 5.56 Å². The summed E-state index contributed by atoms with van der Waals surface area (Å²) in [6.07, 6.45) is 3.43. The first-order valence-electron chi connectivity index (χ1n) is 6.91. The van der Waals surface area contributed by atoms with Gasteiger partial charge in [-0.25, -0.2) is 4.98 Å². The van der Waals surface area contributed by atoms with E-state index >= 15 is 0 Å². The van der Waals surface area contributed by atoms with Gasteiger partial charge in [0.25, 0.3) is 0 Å². The molecule has 4 heteroatoms. The molecule has 2 aliphatic heterocycles. The first kappa shape index (κ1) is 12.8. The summed E-state index contributed by atoms with van der Waals surface area (Å²) in [7, 11) is 0. The number of aromatic nitrogens is 1. The zero-order valence-electron chi connectivity index (χ0n) is 11.6. The molecule has 2 aliphatic rings. The van der Waals surface area contributed by atoms with E-state index in [2.05, 4.69) is 30.9 Å². The van der Waals surface area contributed by atoms with Crippen molar-refractivity contribution in [3.8, 4) is 6.07 Å². The van der Waals surface area contributed by atoms with E-state index in [1.807, 2.05) is 11.8 Å². The fraction of sp³-hybridized carbons (Fsp3) is 0.600. The summed E-state index contributed by atoms with van der Waals surface area (Å²) >= 11 is 1.96. The molecular formula is C15H19N3S. The number of anilines is 1. The molecule has 100 valence electrons. The minimum Gasteiger partial charge on any atom is -0.356 e. The van der Waals surface area contributed by atoms with Crippen LogP contribution in [0.5, 0.6) is 0 Å². The van der Waals surface area contributed by atoms with Crippen molar-refractivity contribution in [2.45, 2.75) is 43.6 Å². The Bertz CT molecular complexity index is 539. The van der Waals surface area contributed by atoms with Crippen molar-refractivity contribution in [3.63, 3.8) is 0 Å². The number of nitrogens with zero attached hydrogens (tertiary/aromatic N) is 3. The van der Waals surface area contributed by atoms with Crippen LogP contribution in [0.4, 0.5) is 5.82 Å². The average molecular weight is 273 g/mol. The molecule has 1 aromatic rings. The molecule has 0 aromatic carbocycles. The Labute approximate surface area is 119 Å². The van der Waals surface area contributed by atoms with Crippen molar-refractivity contribution in [2.75, 3.05) is 18.0 Å². The van der Waals surface area contributed by atoms with Gasteiger partial charge in [0.2, 0.25) is 0 Å². The van der Waals surface area contributed by atoms with Crippen LogP contribution in [0.15, 0.2) is 6.07 Å². The Morgan fingerprint density at radius 3 is 2.79 bits per heavy atom. The predicted molar refractivity (Wildman–Crippen MR) is 79.5 cm³/mol.